The topological polar surface area (TPSA) is 61.9 Å². The summed E-state index contributed by atoms with van der Waals surface area (Å²) in [4.78, 5) is 0. The summed E-state index contributed by atoms with van der Waals surface area (Å²) >= 11 is 3.43. The lowest BCUT2D eigenvalue weighted by molar-refractivity contribution is 0.978. The van der Waals surface area contributed by atoms with Crippen LogP contribution in [-0.4, -0.2) is 12.4 Å². The molecule has 0 saturated carbocycles. The van der Waals surface area contributed by atoms with E-state index in [1.54, 1.807) is 0 Å². The summed E-state index contributed by atoms with van der Waals surface area (Å²) in [6, 6.07) is 5.61. The first-order chi connectivity index (χ1) is 6.65. The van der Waals surface area contributed by atoms with Gasteiger partial charge in [0.1, 0.15) is 5.84 Å². The Hall–Kier alpha value is -1.03. The molecular weight excluding hydrogens is 242 g/mol. The molecule has 76 valence electrons. The molecule has 1 aromatic rings. The number of amidine groups is 1. The van der Waals surface area contributed by atoms with E-state index in [-0.39, 0.29) is 5.84 Å². The minimum absolute atomic E-state index is 0.0905. The van der Waals surface area contributed by atoms with E-state index in [0.29, 0.717) is 0 Å². The maximum absolute atomic E-state index is 7.28. The summed E-state index contributed by atoms with van der Waals surface area (Å²) in [6.07, 6.45) is 1.08. The molecule has 4 N–H and O–H groups in total. The molecule has 0 aliphatic carbocycles. The van der Waals surface area contributed by atoms with Gasteiger partial charge < -0.3 is 11.1 Å². The van der Waals surface area contributed by atoms with Crippen LogP contribution in [0.2, 0.25) is 0 Å². The average Bonchev–Trinajstić information content (AvgIpc) is 2.15. The van der Waals surface area contributed by atoms with Gasteiger partial charge in [-0.05, 0) is 40.5 Å². The van der Waals surface area contributed by atoms with Gasteiger partial charge >= 0.3 is 0 Å². The number of hydrogen-bond acceptors (Lipinski definition) is 2. The molecule has 0 unspecified atom stereocenters. The van der Waals surface area contributed by atoms with Crippen LogP contribution in [0.1, 0.15) is 18.9 Å². The van der Waals surface area contributed by atoms with Crippen molar-refractivity contribution < 1.29 is 0 Å². The summed E-state index contributed by atoms with van der Waals surface area (Å²) in [5.74, 6) is 0.0905. The van der Waals surface area contributed by atoms with Gasteiger partial charge in [0.05, 0.1) is 0 Å². The van der Waals surface area contributed by atoms with Crippen LogP contribution in [0.3, 0.4) is 0 Å². The molecule has 0 aliphatic rings. The second kappa shape index (κ2) is 5.00. The molecule has 0 atom stereocenters. The molecule has 0 heterocycles. The first-order valence-corrected chi connectivity index (χ1v) is 5.32. The monoisotopic (exact) mass is 255 g/mol. The Kier molecular flexibility index (Phi) is 3.95. The van der Waals surface area contributed by atoms with Crippen molar-refractivity contribution in [1.82, 2.24) is 0 Å². The Morgan fingerprint density at radius 3 is 2.79 bits per heavy atom. The van der Waals surface area contributed by atoms with Crippen molar-refractivity contribution in [1.29, 1.82) is 5.41 Å². The largest absolute Gasteiger partial charge is 0.384 e. The van der Waals surface area contributed by atoms with Crippen LogP contribution in [0, 0.1) is 5.41 Å². The van der Waals surface area contributed by atoms with Gasteiger partial charge in [-0.3, -0.25) is 5.41 Å². The van der Waals surface area contributed by atoms with Gasteiger partial charge in [-0.1, -0.05) is 6.92 Å². The predicted octanol–water partition coefficient (Wildman–Crippen LogP) is 2.56. The minimum atomic E-state index is 0.0905. The van der Waals surface area contributed by atoms with E-state index < -0.39 is 0 Å². The summed E-state index contributed by atoms with van der Waals surface area (Å²) in [6.45, 7) is 3.06. The number of benzene rings is 1. The maximum Gasteiger partial charge on any atom is 0.122 e. The van der Waals surface area contributed by atoms with Crippen molar-refractivity contribution in [3.05, 3.63) is 28.2 Å². The normalized spacial score (nSPS) is 9.86. The second-order valence-electron chi connectivity index (χ2n) is 3.04. The van der Waals surface area contributed by atoms with Gasteiger partial charge in [-0.2, -0.15) is 0 Å². The summed E-state index contributed by atoms with van der Waals surface area (Å²) < 4.78 is 0.943. The molecule has 0 aliphatic heterocycles. The molecule has 0 radical (unpaired) electrons. The maximum atomic E-state index is 7.28. The Balaban J connectivity index is 2.84. The highest BCUT2D eigenvalue weighted by molar-refractivity contribution is 9.10. The van der Waals surface area contributed by atoms with Crippen molar-refractivity contribution in [3.63, 3.8) is 0 Å². The molecule has 1 rings (SSSR count). The lowest BCUT2D eigenvalue weighted by Crippen LogP contribution is -2.11. The zero-order valence-electron chi connectivity index (χ0n) is 8.10. The Morgan fingerprint density at radius 2 is 2.29 bits per heavy atom. The predicted molar refractivity (Wildman–Crippen MR) is 63.9 cm³/mol. The number of nitrogens with one attached hydrogen (secondary N) is 2. The fourth-order valence-corrected chi connectivity index (χ4v) is 1.60. The highest BCUT2D eigenvalue weighted by Crippen LogP contribution is 2.23. The number of nitrogens with two attached hydrogens (primary N) is 1. The average molecular weight is 256 g/mol. The first-order valence-electron chi connectivity index (χ1n) is 4.53. The fraction of sp³-hybridized carbons (Fsp3) is 0.300. The van der Waals surface area contributed by atoms with E-state index in [4.69, 9.17) is 11.1 Å². The molecule has 0 fully saturated rings. The van der Waals surface area contributed by atoms with E-state index in [9.17, 15) is 0 Å². The second-order valence-corrected chi connectivity index (χ2v) is 3.89. The van der Waals surface area contributed by atoms with Crippen LogP contribution in [0.15, 0.2) is 22.7 Å². The van der Waals surface area contributed by atoms with Crippen molar-refractivity contribution in [3.8, 4) is 0 Å². The highest BCUT2D eigenvalue weighted by atomic mass is 79.9. The van der Waals surface area contributed by atoms with E-state index >= 15 is 0 Å². The van der Waals surface area contributed by atoms with Gasteiger partial charge in [-0.25, -0.2) is 0 Å². The van der Waals surface area contributed by atoms with Crippen LogP contribution >= 0.6 is 15.9 Å². The molecule has 0 aromatic heterocycles. The van der Waals surface area contributed by atoms with Gasteiger partial charge in [0.15, 0.2) is 0 Å². The highest BCUT2D eigenvalue weighted by Gasteiger charge is 2.02. The van der Waals surface area contributed by atoms with Crippen LogP contribution < -0.4 is 11.1 Å². The number of hydrogen-bond donors (Lipinski definition) is 3. The molecule has 4 heteroatoms. The minimum Gasteiger partial charge on any atom is -0.384 e. The van der Waals surface area contributed by atoms with Gasteiger partial charge in [0.2, 0.25) is 0 Å². The van der Waals surface area contributed by atoms with Gasteiger partial charge in [0, 0.05) is 22.3 Å². The van der Waals surface area contributed by atoms with Gasteiger partial charge in [-0.15, -0.1) is 0 Å². The Morgan fingerprint density at radius 1 is 1.57 bits per heavy atom. The molecule has 1 aromatic carbocycles. The van der Waals surface area contributed by atoms with E-state index in [2.05, 4.69) is 28.2 Å². The van der Waals surface area contributed by atoms with Crippen molar-refractivity contribution in [2.24, 2.45) is 5.73 Å². The van der Waals surface area contributed by atoms with E-state index in [1.807, 2.05) is 18.2 Å². The third-order valence-corrected chi connectivity index (χ3v) is 2.50. The molecule has 0 amide bonds. The molecule has 3 nitrogen and oxygen atoms in total. The van der Waals surface area contributed by atoms with Crippen LogP contribution in [0.4, 0.5) is 5.69 Å². The van der Waals surface area contributed by atoms with Crippen molar-refractivity contribution >= 4 is 27.5 Å². The zero-order chi connectivity index (χ0) is 10.6. The summed E-state index contributed by atoms with van der Waals surface area (Å²) in [5.41, 5.74) is 7.15. The van der Waals surface area contributed by atoms with Crippen molar-refractivity contribution in [2.75, 3.05) is 11.9 Å². The van der Waals surface area contributed by atoms with Crippen LogP contribution in [0.25, 0.3) is 0 Å². The smallest absolute Gasteiger partial charge is 0.122 e. The Labute approximate surface area is 92.3 Å². The molecule has 0 spiro atoms. The number of anilines is 1. The standard InChI is InChI=1S/C10H14BrN3/c1-2-5-14-9-4-3-7(10(12)13)6-8(9)11/h3-4,6,14H,2,5H2,1H3,(H3,12,13). The van der Waals surface area contributed by atoms with Crippen LogP contribution in [-0.2, 0) is 0 Å². The summed E-state index contributed by atoms with van der Waals surface area (Å²) in [7, 11) is 0. The first kappa shape index (κ1) is 11.0. The number of nitrogen functional groups attached to an aromatic ring is 1. The third kappa shape index (κ3) is 2.73. The summed E-state index contributed by atoms with van der Waals surface area (Å²) in [5, 5.41) is 10.5. The van der Waals surface area contributed by atoms with E-state index in [1.165, 1.54) is 0 Å². The van der Waals surface area contributed by atoms with Crippen LogP contribution in [0.5, 0.6) is 0 Å². The van der Waals surface area contributed by atoms with Gasteiger partial charge in [0.25, 0.3) is 0 Å². The molecule has 14 heavy (non-hydrogen) atoms. The molecular formula is C10H14BrN3. The third-order valence-electron chi connectivity index (χ3n) is 1.85. The SMILES string of the molecule is CCCNc1ccc(C(=N)N)cc1Br. The number of rotatable bonds is 4. The molecule has 0 bridgehead atoms. The quantitative estimate of drug-likeness (QED) is 0.572. The fourth-order valence-electron chi connectivity index (χ4n) is 1.09. The van der Waals surface area contributed by atoms with Crippen molar-refractivity contribution in [2.45, 2.75) is 13.3 Å². The molecule has 0 saturated heterocycles. The lowest BCUT2D eigenvalue weighted by Gasteiger charge is -2.08. The Bertz CT molecular complexity index is 336. The number of halogens is 1. The van der Waals surface area contributed by atoms with E-state index in [0.717, 1.165) is 28.7 Å². The lowest BCUT2D eigenvalue weighted by atomic mass is 10.2. The zero-order valence-corrected chi connectivity index (χ0v) is 9.69.